The molecule has 2 fully saturated rings. The van der Waals surface area contributed by atoms with Gasteiger partial charge in [-0.1, -0.05) is 62.4 Å². The lowest BCUT2D eigenvalue weighted by Gasteiger charge is -2.38. The van der Waals surface area contributed by atoms with Gasteiger partial charge < -0.3 is 20.0 Å². The summed E-state index contributed by atoms with van der Waals surface area (Å²) in [6.07, 6.45) is 4.36. The number of carbonyl (C=O) groups is 3. The third-order valence-electron chi connectivity index (χ3n) is 8.19. The highest BCUT2D eigenvalue weighted by Gasteiger charge is 2.42. The smallest absolute Gasteiger partial charge is 0.322 e. The molecule has 3 heterocycles. The molecule has 0 aliphatic carbocycles. The van der Waals surface area contributed by atoms with Crippen molar-refractivity contribution in [3.8, 4) is 0 Å². The van der Waals surface area contributed by atoms with Crippen molar-refractivity contribution in [2.24, 2.45) is 5.92 Å². The zero-order chi connectivity index (χ0) is 27.4. The number of para-hydroxylation sites is 1. The topological polar surface area (TPSA) is 73.0 Å². The molecule has 5 rings (SSSR count). The first-order valence-electron chi connectivity index (χ1n) is 14.3. The number of likely N-dealkylation sites (tertiary alicyclic amines) is 1. The van der Waals surface area contributed by atoms with Crippen molar-refractivity contribution in [1.82, 2.24) is 14.7 Å². The Bertz CT molecular complexity index is 1170. The molecule has 2 atom stereocenters. The van der Waals surface area contributed by atoms with E-state index in [1.807, 2.05) is 51.1 Å². The second-order valence-electron chi connectivity index (χ2n) is 11.3. The van der Waals surface area contributed by atoms with Gasteiger partial charge in [0.25, 0.3) is 0 Å². The van der Waals surface area contributed by atoms with Gasteiger partial charge in [0, 0.05) is 50.7 Å². The summed E-state index contributed by atoms with van der Waals surface area (Å²) in [5.74, 6) is 0.671. The number of nitrogens with zero attached hydrogens (tertiary/aromatic N) is 3. The summed E-state index contributed by atoms with van der Waals surface area (Å²) in [6.45, 7) is 7.02. The van der Waals surface area contributed by atoms with Crippen molar-refractivity contribution in [3.63, 3.8) is 0 Å². The molecule has 2 unspecified atom stereocenters. The van der Waals surface area contributed by atoms with Crippen molar-refractivity contribution >= 4 is 35.3 Å². The first-order valence-corrected chi connectivity index (χ1v) is 15.3. The summed E-state index contributed by atoms with van der Waals surface area (Å²) in [5.41, 5.74) is 3.27. The van der Waals surface area contributed by atoms with Crippen molar-refractivity contribution < 1.29 is 14.4 Å². The third kappa shape index (κ3) is 6.60. The van der Waals surface area contributed by atoms with Crippen molar-refractivity contribution in [1.29, 1.82) is 0 Å². The van der Waals surface area contributed by atoms with Gasteiger partial charge in [0.15, 0.2) is 0 Å². The maximum absolute atomic E-state index is 13.4. The van der Waals surface area contributed by atoms with Crippen molar-refractivity contribution in [3.05, 3.63) is 65.7 Å². The van der Waals surface area contributed by atoms with E-state index in [9.17, 15) is 14.4 Å². The number of fused-ring (bicyclic) bond motifs is 1. The Hall–Kier alpha value is -3.00. The molecule has 4 amide bonds. The molecule has 0 bridgehead atoms. The predicted octanol–water partition coefficient (Wildman–Crippen LogP) is 5.02. The Morgan fingerprint density at radius 3 is 2.46 bits per heavy atom. The number of hydrogen-bond donors (Lipinski definition) is 1. The molecule has 3 aliphatic heterocycles. The van der Waals surface area contributed by atoms with Gasteiger partial charge in [0.2, 0.25) is 11.8 Å². The second kappa shape index (κ2) is 12.5. The van der Waals surface area contributed by atoms with Gasteiger partial charge in [0.05, 0.1) is 10.6 Å². The Morgan fingerprint density at radius 1 is 1.00 bits per heavy atom. The molecule has 7 nitrogen and oxygen atoms in total. The standard InChI is InChI=1S/C31H40N4O3S/c1-22(2)12-18-35-29(20-23-8-4-3-5-9-23)39-27(30(35)37)21-28(36)33-16-14-25(15-17-33)34-19-13-24-10-6-7-11-26(24)32-31(34)38/h3-11,22,25,27,29H,12-21H2,1-2H3,(H,32,38). The summed E-state index contributed by atoms with van der Waals surface area (Å²) < 4.78 is 0. The lowest BCUT2D eigenvalue weighted by atomic mass is 10.0. The van der Waals surface area contributed by atoms with Crippen LogP contribution in [0, 0.1) is 5.92 Å². The van der Waals surface area contributed by atoms with Crippen LogP contribution in [0.5, 0.6) is 0 Å². The van der Waals surface area contributed by atoms with Crippen LogP contribution in [0.25, 0.3) is 0 Å². The SMILES string of the molecule is CC(C)CCN1C(=O)C(CC(=O)N2CCC(N3CCc4ccccc4NC3=O)CC2)SC1Cc1ccccc1. The van der Waals surface area contributed by atoms with Crippen LogP contribution in [0.4, 0.5) is 10.5 Å². The Balaban J connectivity index is 1.16. The van der Waals surface area contributed by atoms with E-state index in [4.69, 9.17) is 0 Å². The highest BCUT2D eigenvalue weighted by atomic mass is 32.2. The van der Waals surface area contributed by atoms with Crippen LogP contribution in [-0.4, -0.2) is 75.4 Å². The van der Waals surface area contributed by atoms with Crippen molar-refractivity contribution in [2.45, 2.75) is 69.0 Å². The Morgan fingerprint density at radius 2 is 1.72 bits per heavy atom. The van der Waals surface area contributed by atoms with E-state index in [1.165, 1.54) is 5.56 Å². The van der Waals surface area contributed by atoms with E-state index in [0.29, 0.717) is 25.6 Å². The highest BCUT2D eigenvalue weighted by molar-refractivity contribution is 8.01. The predicted molar refractivity (Wildman–Crippen MR) is 157 cm³/mol. The molecule has 0 saturated carbocycles. The molecule has 0 aromatic heterocycles. The molecular formula is C31H40N4O3S. The number of nitrogens with one attached hydrogen (secondary N) is 1. The van der Waals surface area contributed by atoms with E-state index >= 15 is 0 Å². The first kappa shape index (κ1) is 27.6. The molecule has 2 aromatic carbocycles. The molecule has 1 N–H and O–H groups in total. The van der Waals surface area contributed by atoms with Gasteiger partial charge in [-0.2, -0.15) is 0 Å². The second-order valence-corrected chi connectivity index (χ2v) is 12.7. The van der Waals surface area contributed by atoms with Crippen LogP contribution in [0.2, 0.25) is 0 Å². The number of benzene rings is 2. The van der Waals surface area contributed by atoms with Crippen molar-refractivity contribution in [2.75, 3.05) is 31.5 Å². The minimum absolute atomic E-state index is 0.0520. The van der Waals surface area contributed by atoms with Gasteiger partial charge in [0.1, 0.15) is 0 Å². The average molecular weight is 549 g/mol. The van der Waals surface area contributed by atoms with Crippen LogP contribution in [0.15, 0.2) is 54.6 Å². The number of anilines is 1. The number of carbonyl (C=O) groups excluding carboxylic acids is 3. The summed E-state index contributed by atoms with van der Waals surface area (Å²) >= 11 is 1.65. The molecule has 8 heteroatoms. The van der Waals surface area contributed by atoms with Crippen LogP contribution in [-0.2, 0) is 22.4 Å². The zero-order valence-electron chi connectivity index (χ0n) is 23.1. The lowest BCUT2D eigenvalue weighted by Crippen LogP contribution is -2.50. The number of hydrogen-bond acceptors (Lipinski definition) is 4. The van der Waals surface area contributed by atoms with E-state index < -0.39 is 0 Å². The minimum atomic E-state index is -0.328. The fraction of sp³-hybridized carbons (Fsp3) is 0.516. The van der Waals surface area contributed by atoms with Gasteiger partial charge in [-0.05, 0) is 48.8 Å². The molecule has 2 saturated heterocycles. The normalized spacial score (nSPS) is 22.2. The van der Waals surface area contributed by atoms with E-state index in [0.717, 1.165) is 49.9 Å². The van der Waals surface area contributed by atoms with Crippen LogP contribution < -0.4 is 5.32 Å². The Kier molecular flexibility index (Phi) is 8.80. The largest absolute Gasteiger partial charge is 0.342 e. The van der Waals surface area contributed by atoms with Crippen LogP contribution >= 0.6 is 11.8 Å². The summed E-state index contributed by atoms with van der Waals surface area (Å²) in [4.78, 5) is 45.6. The Labute approximate surface area is 236 Å². The van der Waals surface area contributed by atoms with E-state index in [2.05, 4.69) is 37.4 Å². The van der Waals surface area contributed by atoms with Crippen LogP contribution in [0.3, 0.4) is 0 Å². The molecule has 208 valence electrons. The lowest BCUT2D eigenvalue weighted by molar-refractivity contribution is -0.136. The number of amides is 4. The first-order chi connectivity index (χ1) is 18.9. The maximum Gasteiger partial charge on any atom is 0.322 e. The summed E-state index contributed by atoms with van der Waals surface area (Å²) in [5, 5.41) is 2.80. The van der Waals surface area contributed by atoms with Gasteiger partial charge >= 0.3 is 6.03 Å². The fourth-order valence-corrected chi connectivity index (χ4v) is 7.38. The quantitative estimate of drug-likeness (QED) is 0.503. The van der Waals surface area contributed by atoms with Crippen LogP contribution in [0.1, 0.15) is 50.7 Å². The number of piperidine rings is 1. The number of urea groups is 1. The zero-order valence-corrected chi connectivity index (χ0v) is 23.9. The molecule has 3 aliphatic rings. The summed E-state index contributed by atoms with van der Waals surface area (Å²) in [6, 6.07) is 18.3. The molecule has 39 heavy (non-hydrogen) atoms. The van der Waals surface area contributed by atoms with Gasteiger partial charge in [-0.25, -0.2) is 4.79 Å². The third-order valence-corrected chi connectivity index (χ3v) is 9.62. The van der Waals surface area contributed by atoms with E-state index in [-0.39, 0.29) is 40.9 Å². The number of rotatable bonds is 8. The fourth-order valence-electron chi connectivity index (χ4n) is 5.86. The summed E-state index contributed by atoms with van der Waals surface area (Å²) in [7, 11) is 0. The van der Waals surface area contributed by atoms with E-state index in [1.54, 1.807) is 11.8 Å². The monoisotopic (exact) mass is 548 g/mol. The number of thioether (sulfide) groups is 1. The molecule has 0 radical (unpaired) electrons. The average Bonchev–Trinajstić information content (AvgIpc) is 3.10. The highest BCUT2D eigenvalue weighted by Crippen LogP contribution is 2.36. The van der Waals surface area contributed by atoms with Gasteiger partial charge in [-0.15, -0.1) is 11.8 Å². The molecule has 0 spiro atoms. The minimum Gasteiger partial charge on any atom is -0.342 e. The van der Waals surface area contributed by atoms with Gasteiger partial charge in [-0.3, -0.25) is 9.59 Å². The molecular weight excluding hydrogens is 508 g/mol. The maximum atomic E-state index is 13.4. The molecule has 2 aromatic rings.